The minimum Gasteiger partial charge on any atom is -0.452 e. The Morgan fingerprint density at radius 3 is 2.40 bits per heavy atom. The van der Waals surface area contributed by atoms with Crippen LogP contribution in [0, 0.1) is 11.3 Å². The van der Waals surface area contributed by atoms with E-state index < -0.39 is 24.4 Å². The summed E-state index contributed by atoms with van der Waals surface area (Å²) in [5.74, 6) is -1.59. The van der Waals surface area contributed by atoms with Crippen LogP contribution in [0.1, 0.15) is 16.8 Å². The molecule has 3 aromatic rings. The van der Waals surface area contributed by atoms with Gasteiger partial charge in [0.15, 0.2) is 6.61 Å². The normalized spacial score (nSPS) is 9.97. The van der Waals surface area contributed by atoms with Crippen LogP contribution in [0.4, 0.5) is 11.7 Å². The summed E-state index contributed by atoms with van der Waals surface area (Å²) in [5.41, 5.74) is 1.31. The molecule has 0 unspecified atom stereocenters. The number of anilines is 2. The zero-order valence-corrected chi connectivity index (χ0v) is 15.5. The van der Waals surface area contributed by atoms with E-state index in [2.05, 4.69) is 20.8 Å². The van der Waals surface area contributed by atoms with Crippen LogP contribution < -0.4 is 10.6 Å². The third-order valence-electron chi connectivity index (χ3n) is 3.67. The molecule has 0 aliphatic carbocycles. The highest BCUT2D eigenvalue weighted by Gasteiger charge is 2.14. The lowest BCUT2D eigenvalue weighted by Crippen LogP contribution is -2.21. The Hall–Kier alpha value is -4.52. The number of nitrogens with zero attached hydrogens (tertiary/aromatic N) is 3. The molecule has 1 aromatic heterocycles. The first-order valence-electron chi connectivity index (χ1n) is 8.68. The number of rotatable bonds is 7. The Kier molecular flexibility index (Phi) is 6.48. The van der Waals surface area contributed by atoms with Crippen LogP contribution >= 0.6 is 0 Å². The van der Waals surface area contributed by atoms with E-state index in [1.54, 1.807) is 18.2 Å². The van der Waals surface area contributed by atoms with Crippen LogP contribution in [0.25, 0.3) is 11.5 Å². The van der Waals surface area contributed by atoms with Crippen LogP contribution in [0.3, 0.4) is 0 Å². The molecular formula is C20H15N5O5. The van der Waals surface area contributed by atoms with Crippen molar-refractivity contribution in [3.05, 3.63) is 60.2 Å². The van der Waals surface area contributed by atoms with Crippen molar-refractivity contribution >= 4 is 29.5 Å². The molecule has 30 heavy (non-hydrogen) atoms. The predicted molar refractivity (Wildman–Crippen MR) is 104 cm³/mol. The average molecular weight is 405 g/mol. The maximum atomic E-state index is 12.0. The fraction of sp³-hybridized carbons (Fsp3) is 0.100. The quantitative estimate of drug-likeness (QED) is 0.569. The van der Waals surface area contributed by atoms with Crippen LogP contribution in [-0.4, -0.2) is 34.6 Å². The molecular weight excluding hydrogens is 390 g/mol. The summed E-state index contributed by atoms with van der Waals surface area (Å²) in [4.78, 5) is 35.3. The summed E-state index contributed by atoms with van der Waals surface area (Å²) in [5, 5.41) is 20.9. The fourth-order valence-corrected chi connectivity index (χ4v) is 2.31. The average Bonchev–Trinajstić information content (AvgIpc) is 3.22. The SMILES string of the molecule is N#CCC(=O)Nc1ccc(C(=O)OCC(=O)Nc2nnc(-c3ccccc3)o2)cc1. The largest absolute Gasteiger partial charge is 0.452 e. The maximum absolute atomic E-state index is 12.0. The van der Waals surface area contributed by atoms with Gasteiger partial charge in [0.05, 0.1) is 11.6 Å². The number of carbonyl (C=O) groups is 3. The Morgan fingerprint density at radius 1 is 0.967 bits per heavy atom. The van der Waals surface area contributed by atoms with E-state index in [1.165, 1.54) is 24.3 Å². The van der Waals surface area contributed by atoms with Crippen molar-refractivity contribution in [2.45, 2.75) is 6.42 Å². The maximum Gasteiger partial charge on any atom is 0.338 e. The monoisotopic (exact) mass is 405 g/mol. The van der Waals surface area contributed by atoms with Crippen LogP contribution in [0.15, 0.2) is 59.0 Å². The smallest absolute Gasteiger partial charge is 0.338 e. The van der Waals surface area contributed by atoms with Crippen LogP contribution in [0.5, 0.6) is 0 Å². The number of nitrogens with one attached hydrogen (secondary N) is 2. The molecule has 10 heteroatoms. The summed E-state index contributed by atoms with van der Waals surface area (Å²) in [6, 6.07) is 16.4. The Balaban J connectivity index is 1.49. The zero-order valence-electron chi connectivity index (χ0n) is 15.5. The molecule has 2 N–H and O–H groups in total. The van der Waals surface area contributed by atoms with Gasteiger partial charge in [-0.1, -0.05) is 23.3 Å². The van der Waals surface area contributed by atoms with Gasteiger partial charge in [-0.2, -0.15) is 5.26 Å². The van der Waals surface area contributed by atoms with Crippen molar-refractivity contribution in [1.82, 2.24) is 10.2 Å². The standard InChI is InChI=1S/C20H15N5O5/c21-11-10-16(26)22-15-8-6-14(7-9-15)19(28)29-12-17(27)23-20-25-24-18(30-20)13-4-2-1-3-5-13/h1-9H,10,12H2,(H,22,26)(H,23,25,27). The van der Waals surface area contributed by atoms with Gasteiger partial charge < -0.3 is 14.5 Å². The Bertz CT molecular complexity index is 1090. The van der Waals surface area contributed by atoms with Crippen molar-refractivity contribution < 1.29 is 23.5 Å². The van der Waals surface area contributed by atoms with E-state index in [9.17, 15) is 14.4 Å². The summed E-state index contributed by atoms with van der Waals surface area (Å²) in [6.45, 7) is -0.553. The number of benzene rings is 2. The number of esters is 1. The molecule has 0 spiro atoms. The minimum atomic E-state index is -0.726. The number of aromatic nitrogens is 2. The van der Waals surface area contributed by atoms with E-state index in [-0.39, 0.29) is 23.9 Å². The highest BCUT2D eigenvalue weighted by molar-refractivity contribution is 5.95. The molecule has 3 rings (SSSR count). The first kappa shape index (κ1) is 20.2. The summed E-state index contributed by atoms with van der Waals surface area (Å²) < 4.78 is 10.3. The highest BCUT2D eigenvalue weighted by atomic mass is 16.5. The van der Waals surface area contributed by atoms with Crippen molar-refractivity contribution in [2.75, 3.05) is 17.2 Å². The first-order valence-corrected chi connectivity index (χ1v) is 8.68. The lowest BCUT2D eigenvalue weighted by molar-refractivity contribution is -0.119. The molecule has 0 atom stereocenters. The number of nitriles is 1. The second-order valence-corrected chi connectivity index (χ2v) is 5.86. The van der Waals surface area contributed by atoms with E-state index >= 15 is 0 Å². The molecule has 0 fully saturated rings. The molecule has 0 aliphatic rings. The molecule has 0 aliphatic heterocycles. The van der Waals surface area contributed by atoms with Crippen LogP contribution in [-0.2, 0) is 14.3 Å². The first-order chi connectivity index (χ1) is 14.5. The lowest BCUT2D eigenvalue weighted by atomic mass is 10.2. The van der Waals surface area contributed by atoms with Gasteiger partial charge in [-0.25, -0.2) is 4.79 Å². The van der Waals surface area contributed by atoms with Gasteiger partial charge in [-0.15, -0.1) is 5.10 Å². The molecule has 0 saturated heterocycles. The fourth-order valence-electron chi connectivity index (χ4n) is 2.31. The number of amides is 2. The topological polar surface area (TPSA) is 147 Å². The van der Waals surface area contributed by atoms with Gasteiger partial charge in [0.25, 0.3) is 5.91 Å². The van der Waals surface area contributed by atoms with Crippen molar-refractivity contribution in [1.29, 1.82) is 5.26 Å². The van der Waals surface area contributed by atoms with Gasteiger partial charge in [-0.3, -0.25) is 14.9 Å². The predicted octanol–water partition coefficient (Wildman–Crippen LogP) is 2.38. The van der Waals surface area contributed by atoms with Crippen molar-refractivity contribution in [3.8, 4) is 17.5 Å². The molecule has 1 heterocycles. The highest BCUT2D eigenvalue weighted by Crippen LogP contribution is 2.19. The summed E-state index contributed by atoms with van der Waals surface area (Å²) >= 11 is 0. The molecule has 0 radical (unpaired) electrons. The summed E-state index contributed by atoms with van der Waals surface area (Å²) in [6.07, 6.45) is -0.272. The van der Waals surface area contributed by atoms with E-state index in [0.717, 1.165) is 0 Å². The van der Waals surface area contributed by atoms with E-state index in [1.807, 2.05) is 18.2 Å². The van der Waals surface area contributed by atoms with Crippen LogP contribution in [0.2, 0.25) is 0 Å². The van der Waals surface area contributed by atoms with Gasteiger partial charge in [-0.05, 0) is 36.4 Å². The van der Waals surface area contributed by atoms with Crippen molar-refractivity contribution in [3.63, 3.8) is 0 Å². The molecule has 150 valence electrons. The number of hydrogen-bond acceptors (Lipinski definition) is 8. The molecule has 10 nitrogen and oxygen atoms in total. The van der Waals surface area contributed by atoms with Gasteiger partial charge >= 0.3 is 12.0 Å². The Labute approximate surface area is 170 Å². The molecule has 0 saturated carbocycles. The number of hydrogen-bond donors (Lipinski definition) is 2. The zero-order chi connectivity index (χ0) is 21.3. The van der Waals surface area contributed by atoms with Crippen molar-refractivity contribution in [2.24, 2.45) is 0 Å². The number of carbonyl (C=O) groups excluding carboxylic acids is 3. The molecule has 0 bridgehead atoms. The second-order valence-electron chi connectivity index (χ2n) is 5.86. The van der Waals surface area contributed by atoms with E-state index in [4.69, 9.17) is 14.4 Å². The lowest BCUT2D eigenvalue weighted by Gasteiger charge is -2.06. The number of ether oxygens (including phenoxy) is 1. The van der Waals surface area contributed by atoms with E-state index in [0.29, 0.717) is 11.3 Å². The van der Waals surface area contributed by atoms with Gasteiger partial charge in [0.1, 0.15) is 6.42 Å². The minimum absolute atomic E-state index is 0.118. The van der Waals surface area contributed by atoms with Gasteiger partial charge in [0, 0.05) is 11.3 Å². The molecule has 2 amide bonds. The summed E-state index contributed by atoms with van der Waals surface area (Å²) in [7, 11) is 0. The second kappa shape index (κ2) is 9.61. The Morgan fingerprint density at radius 2 is 1.70 bits per heavy atom. The third-order valence-corrected chi connectivity index (χ3v) is 3.67. The molecule has 2 aromatic carbocycles. The van der Waals surface area contributed by atoms with Gasteiger partial charge in [0.2, 0.25) is 11.8 Å². The third kappa shape index (κ3) is 5.49.